The first kappa shape index (κ1) is 15.8. The van der Waals surface area contributed by atoms with E-state index in [4.69, 9.17) is 9.47 Å². The molecular weight excluding hydrogens is 320 g/mol. The highest BCUT2D eigenvalue weighted by Crippen LogP contribution is 2.41. The summed E-state index contributed by atoms with van der Waals surface area (Å²) < 4.78 is 12.2. The first-order valence-corrected chi connectivity index (χ1v) is 8.00. The van der Waals surface area contributed by atoms with Crippen LogP contribution < -0.4 is 4.74 Å². The van der Waals surface area contributed by atoms with Gasteiger partial charge in [0.15, 0.2) is 0 Å². The molecule has 3 nitrogen and oxygen atoms in total. The Bertz CT molecular complexity index is 463. The van der Waals surface area contributed by atoms with Gasteiger partial charge in [0.25, 0.3) is 0 Å². The smallest absolute Gasteiger partial charge is 0.133 e. The number of rotatable bonds is 4. The molecule has 1 heterocycles. The number of hydrogen-bond donors (Lipinski definition) is 1. The molecule has 1 aromatic rings. The maximum absolute atomic E-state index is 10.7. The van der Waals surface area contributed by atoms with Crippen LogP contribution in [0.3, 0.4) is 0 Å². The van der Waals surface area contributed by atoms with Crippen LogP contribution in [0.15, 0.2) is 22.7 Å². The van der Waals surface area contributed by atoms with Crippen LogP contribution in [0.5, 0.6) is 5.75 Å². The largest absolute Gasteiger partial charge is 0.493 e. The van der Waals surface area contributed by atoms with Gasteiger partial charge in [-0.05, 0) is 60.3 Å². The van der Waals surface area contributed by atoms with Crippen molar-refractivity contribution in [3.63, 3.8) is 0 Å². The van der Waals surface area contributed by atoms with Crippen molar-refractivity contribution < 1.29 is 14.6 Å². The summed E-state index contributed by atoms with van der Waals surface area (Å²) in [5.74, 6) is 1.26. The van der Waals surface area contributed by atoms with Gasteiger partial charge in [0.2, 0.25) is 0 Å². The van der Waals surface area contributed by atoms with Crippen molar-refractivity contribution in [2.24, 2.45) is 11.8 Å². The van der Waals surface area contributed by atoms with Gasteiger partial charge in [-0.15, -0.1) is 0 Å². The molecule has 112 valence electrons. The summed E-state index contributed by atoms with van der Waals surface area (Å²) in [5, 5.41) is 10.7. The Labute approximate surface area is 129 Å². The minimum Gasteiger partial charge on any atom is -0.493 e. The molecule has 1 fully saturated rings. The zero-order valence-electron chi connectivity index (χ0n) is 12.5. The van der Waals surface area contributed by atoms with Gasteiger partial charge >= 0.3 is 0 Å². The lowest BCUT2D eigenvalue weighted by atomic mass is 9.82. The summed E-state index contributed by atoms with van der Waals surface area (Å²) in [7, 11) is 0. The Morgan fingerprint density at radius 3 is 2.50 bits per heavy atom. The van der Waals surface area contributed by atoms with Crippen molar-refractivity contribution in [1.29, 1.82) is 0 Å². The zero-order valence-corrected chi connectivity index (χ0v) is 14.1. The molecule has 0 saturated carbocycles. The number of hydrogen-bond acceptors (Lipinski definition) is 3. The van der Waals surface area contributed by atoms with E-state index in [-0.39, 0.29) is 18.1 Å². The highest BCUT2D eigenvalue weighted by Gasteiger charge is 2.41. The molecular formula is C16H23BrO3. The fraction of sp³-hybridized carbons (Fsp3) is 0.625. The van der Waals surface area contributed by atoms with Crippen LogP contribution in [0.1, 0.15) is 39.4 Å². The van der Waals surface area contributed by atoms with Gasteiger partial charge in [-0.2, -0.15) is 0 Å². The molecule has 5 atom stereocenters. The number of aliphatic hydroxyl groups excluding tert-OH is 1. The van der Waals surface area contributed by atoms with Crippen LogP contribution in [0.2, 0.25) is 0 Å². The molecule has 1 aromatic carbocycles. The Kier molecular flexibility index (Phi) is 5.10. The van der Waals surface area contributed by atoms with Crippen molar-refractivity contribution in [1.82, 2.24) is 0 Å². The molecule has 2 rings (SSSR count). The lowest BCUT2D eigenvalue weighted by Gasteiger charge is -2.25. The molecule has 0 aliphatic carbocycles. The van der Waals surface area contributed by atoms with Gasteiger partial charge in [-0.25, -0.2) is 0 Å². The van der Waals surface area contributed by atoms with Gasteiger partial charge in [0.1, 0.15) is 5.75 Å². The second-order valence-electron chi connectivity index (χ2n) is 5.55. The van der Waals surface area contributed by atoms with E-state index in [1.807, 2.05) is 32.0 Å². The number of benzene rings is 1. The van der Waals surface area contributed by atoms with Crippen molar-refractivity contribution in [2.75, 3.05) is 6.61 Å². The summed E-state index contributed by atoms with van der Waals surface area (Å²) in [6, 6.07) is 5.78. The second kappa shape index (κ2) is 6.46. The molecule has 0 bridgehead atoms. The van der Waals surface area contributed by atoms with Crippen molar-refractivity contribution in [3.05, 3.63) is 28.2 Å². The van der Waals surface area contributed by atoms with E-state index in [9.17, 15) is 5.11 Å². The molecule has 1 aliphatic rings. The van der Waals surface area contributed by atoms with Gasteiger partial charge in [0, 0.05) is 5.92 Å². The predicted molar refractivity (Wildman–Crippen MR) is 82.9 cm³/mol. The molecule has 0 spiro atoms. The molecule has 0 amide bonds. The summed E-state index contributed by atoms with van der Waals surface area (Å²) in [5.41, 5.74) is 0.904. The van der Waals surface area contributed by atoms with Crippen LogP contribution in [-0.4, -0.2) is 23.9 Å². The monoisotopic (exact) mass is 342 g/mol. The van der Waals surface area contributed by atoms with Crippen LogP contribution in [0.25, 0.3) is 0 Å². The van der Waals surface area contributed by atoms with Crippen molar-refractivity contribution >= 4 is 15.9 Å². The minimum absolute atomic E-state index is 0.0698. The average Bonchev–Trinajstić information content (AvgIpc) is 2.65. The zero-order chi connectivity index (χ0) is 14.9. The van der Waals surface area contributed by atoms with E-state index in [0.717, 1.165) is 15.8 Å². The minimum atomic E-state index is -0.517. The lowest BCUT2D eigenvalue weighted by molar-refractivity contribution is 0.0231. The normalized spacial score (nSPS) is 31.3. The van der Waals surface area contributed by atoms with Crippen LogP contribution in [0.4, 0.5) is 0 Å². The summed E-state index contributed by atoms with van der Waals surface area (Å²) >= 11 is 3.50. The van der Waals surface area contributed by atoms with Gasteiger partial charge < -0.3 is 14.6 Å². The summed E-state index contributed by atoms with van der Waals surface area (Å²) in [6.45, 7) is 8.84. The van der Waals surface area contributed by atoms with E-state index in [1.165, 1.54) is 0 Å². The molecule has 4 heteroatoms. The third-order valence-corrected chi connectivity index (χ3v) is 4.90. The van der Waals surface area contributed by atoms with Gasteiger partial charge in [-0.3, -0.25) is 0 Å². The first-order chi connectivity index (χ1) is 9.45. The standard InChI is InChI=1S/C16H23BrO3/c1-5-19-14-7-6-12(8-13(14)17)16(18)15-9(2)10(3)20-11(15)4/h6-11,15-16,18H,5H2,1-4H3. The average molecular weight is 343 g/mol. The topological polar surface area (TPSA) is 38.7 Å². The lowest BCUT2D eigenvalue weighted by Crippen LogP contribution is -2.25. The quantitative estimate of drug-likeness (QED) is 0.900. The highest BCUT2D eigenvalue weighted by atomic mass is 79.9. The summed E-state index contributed by atoms with van der Waals surface area (Å²) in [4.78, 5) is 0. The molecule has 20 heavy (non-hydrogen) atoms. The Morgan fingerprint density at radius 2 is 2.00 bits per heavy atom. The van der Waals surface area contributed by atoms with Crippen molar-refractivity contribution in [3.8, 4) is 5.75 Å². The predicted octanol–water partition coefficient (Wildman–Crippen LogP) is 3.94. The molecule has 1 N–H and O–H groups in total. The SMILES string of the molecule is CCOc1ccc(C(O)C2C(C)OC(C)C2C)cc1Br. The van der Waals surface area contributed by atoms with Gasteiger partial charge in [0.05, 0.1) is 29.4 Å². The Morgan fingerprint density at radius 1 is 1.30 bits per heavy atom. The van der Waals surface area contributed by atoms with Crippen molar-refractivity contribution in [2.45, 2.75) is 46.0 Å². The third-order valence-electron chi connectivity index (χ3n) is 4.28. The fourth-order valence-electron chi connectivity index (χ4n) is 3.03. The number of ether oxygens (including phenoxy) is 2. The number of halogens is 1. The summed E-state index contributed by atoms with van der Waals surface area (Å²) in [6.07, 6.45) is -0.256. The molecule has 1 saturated heterocycles. The first-order valence-electron chi connectivity index (χ1n) is 7.21. The Hall–Kier alpha value is -0.580. The molecule has 1 aliphatic heterocycles. The third kappa shape index (κ3) is 3.02. The van der Waals surface area contributed by atoms with Crippen LogP contribution >= 0.6 is 15.9 Å². The number of aliphatic hydroxyl groups is 1. The van der Waals surface area contributed by atoms with E-state index in [2.05, 4.69) is 29.8 Å². The van der Waals surface area contributed by atoms with E-state index in [0.29, 0.717) is 12.5 Å². The van der Waals surface area contributed by atoms with E-state index >= 15 is 0 Å². The fourth-order valence-corrected chi connectivity index (χ4v) is 3.54. The molecule has 0 aromatic heterocycles. The van der Waals surface area contributed by atoms with Gasteiger partial charge in [-0.1, -0.05) is 13.0 Å². The molecule has 0 radical (unpaired) electrons. The van der Waals surface area contributed by atoms with Crippen LogP contribution in [0, 0.1) is 11.8 Å². The van der Waals surface area contributed by atoms with E-state index in [1.54, 1.807) is 0 Å². The molecule has 5 unspecified atom stereocenters. The Balaban J connectivity index is 2.21. The van der Waals surface area contributed by atoms with Crippen LogP contribution in [-0.2, 0) is 4.74 Å². The highest BCUT2D eigenvalue weighted by molar-refractivity contribution is 9.10. The van der Waals surface area contributed by atoms with E-state index < -0.39 is 6.10 Å². The maximum Gasteiger partial charge on any atom is 0.133 e. The second-order valence-corrected chi connectivity index (χ2v) is 6.40. The maximum atomic E-state index is 10.7.